The van der Waals surface area contributed by atoms with E-state index < -0.39 is 6.04 Å². The van der Waals surface area contributed by atoms with Gasteiger partial charge in [-0.1, -0.05) is 59.9 Å². The van der Waals surface area contributed by atoms with Crippen molar-refractivity contribution in [2.24, 2.45) is 4.99 Å². The van der Waals surface area contributed by atoms with E-state index in [0.717, 1.165) is 20.3 Å². The molecule has 0 bridgehead atoms. The fourth-order valence-corrected chi connectivity index (χ4v) is 7.41. The molecule has 0 saturated heterocycles. The molecule has 1 atom stereocenters. The lowest BCUT2D eigenvalue weighted by atomic mass is 9.95. The molecule has 11 heteroatoms. The van der Waals surface area contributed by atoms with Crippen LogP contribution in [-0.4, -0.2) is 24.2 Å². The van der Waals surface area contributed by atoms with Gasteiger partial charge in [-0.25, -0.2) is 4.99 Å². The number of aromatic nitrogens is 1. The number of halogens is 1. The van der Waals surface area contributed by atoms with Crippen LogP contribution in [0.1, 0.15) is 42.1 Å². The van der Waals surface area contributed by atoms with Gasteiger partial charge in [0, 0.05) is 11.3 Å². The van der Waals surface area contributed by atoms with Crippen LogP contribution >= 0.6 is 33.9 Å². The van der Waals surface area contributed by atoms with Gasteiger partial charge < -0.3 is 19.5 Å². The van der Waals surface area contributed by atoms with Crippen molar-refractivity contribution >= 4 is 51.6 Å². The van der Waals surface area contributed by atoms with Crippen LogP contribution in [0.2, 0.25) is 0 Å². The second kappa shape index (κ2) is 14.9. The summed E-state index contributed by atoms with van der Waals surface area (Å²) in [5.41, 5.74) is 4.05. The van der Waals surface area contributed by atoms with Crippen LogP contribution in [-0.2, 0) is 11.4 Å². The Morgan fingerprint density at radius 3 is 2.51 bits per heavy atom. The van der Waals surface area contributed by atoms with Crippen LogP contribution < -0.4 is 34.4 Å². The summed E-state index contributed by atoms with van der Waals surface area (Å²) in [5.74, 6) is 1.38. The summed E-state index contributed by atoms with van der Waals surface area (Å²) in [6.07, 6.45) is 1.79. The van der Waals surface area contributed by atoms with Gasteiger partial charge in [-0.3, -0.25) is 14.2 Å². The number of ether oxygens (including phenoxy) is 3. The summed E-state index contributed by atoms with van der Waals surface area (Å²) in [6.45, 7) is 4.42. The van der Waals surface area contributed by atoms with Crippen molar-refractivity contribution in [1.82, 2.24) is 4.57 Å². The van der Waals surface area contributed by atoms with E-state index in [1.54, 1.807) is 36.8 Å². The maximum absolute atomic E-state index is 14.2. The molecule has 0 unspecified atom stereocenters. The van der Waals surface area contributed by atoms with Gasteiger partial charge in [0.05, 0.1) is 50.8 Å². The molecule has 0 fully saturated rings. The van der Waals surface area contributed by atoms with E-state index in [0.29, 0.717) is 55.7 Å². The Balaban J connectivity index is 1.40. The number of benzene rings is 4. The van der Waals surface area contributed by atoms with Crippen molar-refractivity contribution in [2.75, 3.05) is 19.0 Å². The van der Waals surface area contributed by atoms with E-state index in [2.05, 4.69) is 34.0 Å². The maximum atomic E-state index is 14.2. The highest BCUT2D eigenvalue weighted by atomic mass is 127. The maximum Gasteiger partial charge on any atom is 0.271 e. The van der Waals surface area contributed by atoms with Gasteiger partial charge in [0.25, 0.3) is 11.5 Å². The number of rotatable bonds is 10. The smallest absolute Gasteiger partial charge is 0.271 e. The molecule has 1 aromatic heterocycles. The van der Waals surface area contributed by atoms with Crippen LogP contribution in [0.5, 0.6) is 17.2 Å². The van der Waals surface area contributed by atoms with E-state index in [9.17, 15) is 14.9 Å². The fraction of sp³-hybridized carbons (Fsp3) is 0.158. The number of nitrogens with one attached hydrogen (secondary N) is 1. The predicted octanol–water partition coefficient (Wildman–Crippen LogP) is 6.34. The van der Waals surface area contributed by atoms with Gasteiger partial charge in [0.1, 0.15) is 12.4 Å². The first-order chi connectivity index (χ1) is 23.8. The highest BCUT2D eigenvalue weighted by Crippen LogP contribution is 2.35. The summed E-state index contributed by atoms with van der Waals surface area (Å²) in [7, 11) is 1.56. The lowest BCUT2D eigenvalue weighted by molar-refractivity contribution is -0.113. The Hall–Kier alpha value is -5.19. The molecular formula is C38H31IN4O5S. The molecule has 1 amide bonds. The van der Waals surface area contributed by atoms with Gasteiger partial charge in [0.2, 0.25) is 0 Å². The van der Waals surface area contributed by atoms with Crippen molar-refractivity contribution in [1.29, 1.82) is 5.26 Å². The standard InChI is InChI=1S/C38H31IN4O5S/c1-4-47-29-16-14-25(15-17-29)34-33(36(44)42-28-12-6-5-7-13-28)23(2)41-38-43(34)37(45)32(49-38)20-24-18-30(39)35(31(19-24)46-3)48-22-27-11-9-8-10-26(27)21-40/h5-20,34H,4,22H2,1-3H3,(H,42,44)/b32-20-/t34-/m0/s1. The Morgan fingerprint density at radius 2 is 1.80 bits per heavy atom. The zero-order valence-electron chi connectivity index (χ0n) is 26.9. The number of thiazole rings is 1. The average Bonchev–Trinajstić information content (AvgIpc) is 3.41. The van der Waals surface area contributed by atoms with E-state index in [4.69, 9.17) is 19.2 Å². The molecular weight excluding hydrogens is 751 g/mol. The molecule has 6 rings (SSSR count). The number of amides is 1. The van der Waals surface area contributed by atoms with Crippen LogP contribution in [0, 0.1) is 14.9 Å². The number of allylic oxidation sites excluding steroid dienone is 1. The first kappa shape index (κ1) is 33.7. The number of carbonyl (C=O) groups is 1. The summed E-state index contributed by atoms with van der Waals surface area (Å²) in [5, 5.41) is 12.4. The predicted molar refractivity (Wildman–Crippen MR) is 198 cm³/mol. The van der Waals surface area contributed by atoms with Crippen LogP contribution in [0.3, 0.4) is 0 Å². The number of fused-ring (bicyclic) bond motifs is 1. The van der Waals surface area contributed by atoms with Crippen LogP contribution in [0.15, 0.2) is 112 Å². The first-order valence-corrected chi connectivity index (χ1v) is 17.3. The second-order valence-electron chi connectivity index (χ2n) is 11.0. The van der Waals surface area contributed by atoms with Crippen molar-refractivity contribution in [3.05, 3.63) is 148 Å². The molecule has 1 N–H and O–H groups in total. The minimum absolute atomic E-state index is 0.194. The van der Waals surface area contributed by atoms with Crippen molar-refractivity contribution in [3.63, 3.8) is 0 Å². The van der Waals surface area contributed by atoms with Crippen molar-refractivity contribution in [2.45, 2.75) is 26.5 Å². The topological polar surface area (TPSA) is 115 Å². The molecule has 49 heavy (non-hydrogen) atoms. The molecule has 5 aromatic rings. The van der Waals surface area contributed by atoms with E-state index >= 15 is 0 Å². The van der Waals surface area contributed by atoms with Crippen LogP contribution in [0.4, 0.5) is 5.69 Å². The summed E-state index contributed by atoms with van der Waals surface area (Å²) >= 11 is 3.43. The van der Waals surface area contributed by atoms with E-state index in [1.807, 2.05) is 85.8 Å². The zero-order chi connectivity index (χ0) is 34.5. The quantitative estimate of drug-likeness (QED) is 0.166. The number of methoxy groups -OCH3 is 1. The molecule has 1 aliphatic heterocycles. The monoisotopic (exact) mass is 782 g/mol. The van der Waals surface area contributed by atoms with E-state index in [-0.39, 0.29) is 18.1 Å². The van der Waals surface area contributed by atoms with Gasteiger partial charge in [-0.2, -0.15) is 5.26 Å². The lowest BCUT2D eigenvalue weighted by Crippen LogP contribution is -2.40. The minimum atomic E-state index is -0.723. The highest BCUT2D eigenvalue weighted by Gasteiger charge is 2.32. The van der Waals surface area contributed by atoms with Crippen LogP contribution in [0.25, 0.3) is 6.08 Å². The lowest BCUT2D eigenvalue weighted by Gasteiger charge is -2.25. The number of para-hydroxylation sites is 1. The molecule has 246 valence electrons. The number of nitriles is 1. The molecule has 9 nitrogen and oxygen atoms in total. The van der Waals surface area contributed by atoms with Gasteiger partial charge in [-0.15, -0.1) is 0 Å². The van der Waals surface area contributed by atoms with Gasteiger partial charge >= 0.3 is 0 Å². The summed E-state index contributed by atoms with van der Waals surface area (Å²) in [4.78, 5) is 33.3. The zero-order valence-corrected chi connectivity index (χ0v) is 29.9. The third-order valence-electron chi connectivity index (χ3n) is 7.86. The molecule has 0 radical (unpaired) electrons. The molecule has 0 aliphatic carbocycles. The SMILES string of the molecule is CCOc1ccc([C@H]2C(C(=O)Nc3ccccc3)=C(C)N=c3s/c(=C\c4cc(I)c(OCc5ccccc5C#N)c(OC)c4)c(=O)n32)cc1. The molecule has 2 heterocycles. The largest absolute Gasteiger partial charge is 0.494 e. The number of hydrogen-bond acceptors (Lipinski definition) is 8. The minimum Gasteiger partial charge on any atom is -0.494 e. The number of nitrogens with zero attached hydrogens (tertiary/aromatic N) is 3. The Kier molecular flexibility index (Phi) is 10.3. The third-order valence-corrected chi connectivity index (χ3v) is 9.65. The number of hydrogen-bond donors (Lipinski definition) is 1. The third kappa shape index (κ3) is 7.16. The summed E-state index contributed by atoms with van der Waals surface area (Å²) < 4.78 is 20.3. The fourth-order valence-electron chi connectivity index (χ4n) is 5.58. The summed E-state index contributed by atoms with van der Waals surface area (Å²) in [6, 6.07) is 29.1. The second-order valence-corrected chi connectivity index (χ2v) is 13.2. The molecule has 0 spiro atoms. The Morgan fingerprint density at radius 1 is 1.06 bits per heavy atom. The molecule has 1 aliphatic rings. The number of anilines is 1. The Labute approximate surface area is 300 Å². The van der Waals surface area contributed by atoms with Crippen molar-refractivity contribution in [3.8, 4) is 23.3 Å². The Bertz CT molecular complexity index is 2290. The van der Waals surface area contributed by atoms with Gasteiger partial charge in [0.15, 0.2) is 16.3 Å². The highest BCUT2D eigenvalue weighted by molar-refractivity contribution is 14.1. The molecule has 0 saturated carbocycles. The average molecular weight is 783 g/mol. The molecule has 4 aromatic carbocycles. The normalized spacial score (nSPS) is 14.0. The van der Waals surface area contributed by atoms with E-state index in [1.165, 1.54) is 11.3 Å². The van der Waals surface area contributed by atoms with Crippen molar-refractivity contribution < 1.29 is 19.0 Å². The van der Waals surface area contributed by atoms with Gasteiger partial charge in [-0.05, 0) is 96.1 Å². The first-order valence-electron chi connectivity index (χ1n) is 15.4. The number of carbonyl (C=O) groups excluding carboxylic acids is 1.